The maximum absolute atomic E-state index is 13.1. The molecule has 0 spiro atoms. The number of benzene rings is 3. The minimum Gasteiger partial charge on any atom is -0.361 e. The zero-order valence-corrected chi connectivity index (χ0v) is 17.1. The van der Waals surface area contributed by atoms with Gasteiger partial charge in [0.1, 0.15) is 6.04 Å². The Balaban J connectivity index is 1.59. The number of H-pyrrole nitrogens is 1. The Morgan fingerprint density at radius 3 is 2.43 bits per heavy atom. The van der Waals surface area contributed by atoms with Gasteiger partial charge in [-0.25, -0.2) is 0 Å². The lowest BCUT2D eigenvalue weighted by Crippen LogP contribution is -2.46. The van der Waals surface area contributed by atoms with Crippen LogP contribution in [0, 0.1) is 5.92 Å². The van der Waals surface area contributed by atoms with Crippen LogP contribution >= 0.6 is 0 Å². The molecule has 152 valence electrons. The summed E-state index contributed by atoms with van der Waals surface area (Å²) in [5, 5.41) is 9.10. The fourth-order valence-corrected chi connectivity index (χ4v) is 3.56. The molecule has 2 amide bonds. The molecule has 1 aromatic heterocycles. The van der Waals surface area contributed by atoms with Crippen LogP contribution in [0.25, 0.3) is 21.7 Å². The van der Waals surface area contributed by atoms with Gasteiger partial charge in [0.2, 0.25) is 11.8 Å². The summed E-state index contributed by atoms with van der Waals surface area (Å²) in [5.74, 6) is -0.581. The molecule has 0 aliphatic rings. The third-order valence-electron chi connectivity index (χ3n) is 5.27. The van der Waals surface area contributed by atoms with E-state index in [0.29, 0.717) is 12.1 Å². The number of aromatic nitrogens is 1. The van der Waals surface area contributed by atoms with Crippen molar-refractivity contribution < 1.29 is 9.59 Å². The van der Waals surface area contributed by atoms with Crippen LogP contribution in [0.1, 0.15) is 19.4 Å². The summed E-state index contributed by atoms with van der Waals surface area (Å²) in [5.41, 5.74) is 2.71. The van der Waals surface area contributed by atoms with Crippen LogP contribution in [0.15, 0.2) is 72.9 Å². The Morgan fingerprint density at radius 1 is 0.900 bits per heavy atom. The molecule has 4 rings (SSSR count). The van der Waals surface area contributed by atoms with Crippen LogP contribution < -0.4 is 10.6 Å². The Hall–Kier alpha value is -3.60. The van der Waals surface area contributed by atoms with Gasteiger partial charge in [-0.15, -0.1) is 0 Å². The molecule has 0 bridgehead atoms. The summed E-state index contributed by atoms with van der Waals surface area (Å²) in [7, 11) is 0. The number of rotatable bonds is 6. The van der Waals surface area contributed by atoms with Gasteiger partial charge in [-0.1, -0.05) is 62.4 Å². The van der Waals surface area contributed by atoms with E-state index in [0.717, 1.165) is 27.2 Å². The number of carbonyl (C=O) groups is 2. The monoisotopic (exact) mass is 399 g/mol. The van der Waals surface area contributed by atoms with E-state index in [-0.39, 0.29) is 17.7 Å². The summed E-state index contributed by atoms with van der Waals surface area (Å²) in [6.07, 6.45) is 2.31. The molecule has 3 N–H and O–H groups in total. The topological polar surface area (TPSA) is 74.0 Å². The molecule has 0 aliphatic heterocycles. The number of nitrogens with one attached hydrogen (secondary N) is 3. The number of fused-ring (bicyclic) bond motifs is 2. The number of hydrogen-bond donors (Lipinski definition) is 3. The molecule has 0 aliphatic carbocycles. The molecular weight excluding hydrogens is 374 g/mol. The minimum absolute atomic E-state index is 0.145. The molecule has 5 nitrogen and oxygen atoms in total. The normalized spacial score (nSPS) is 12.2. The molecule has 0 fully saturated rings. The zero-order valence-electron chi connectivity index (χ0n) is 17.1. The Labute approximate surface area is 175 Å². The average Bonchev–Trinajstić information content (AvgIpc) is 3.16. The van der Waals surface area contributed by atoms with Gasteiger partial charge in [-0.2, -0.15) is 0 Å². The second kappa shape index (κ2) is 8.41. The minimum atomic E-state index is -0.675. The first kappa shape index (κ1) is 19.7. The highest BCUT2D eigenvalue weighted by Gasteiger charge is 2.24. The van der Waals surface area contributed by atoms with Gasteiger partial charge < -0.3 is 15.6 Å². The number of hydrogen-bond acceptors (Lipinski definition) is 2. The molecule has 1 heterocycles. The van der Waals surface area contributed by atoms with E-state index in [9.17, 15) is 9.59 Å². The molecule has 1 atom stereocenters. The van der Waals surface area contributed by atoms with Gasteiger partial charge >= 0.3 is 0 Å². The first-order valence-electron chi connectivity index (χ1n) is 10.2. The largest absolute Gasteiger partial charge is 0.361 e. The number of para-hydroxylation sites is 1. The van der Waals surface area contributed by atoms with Crippen LogP contribution in [0.3, 0.4) is 0 Å². The molecule has 0 saturated heterocycles. The fourth-order valence-electron chi connectivity index (χ4n) is 3.56. The van der Waals surface area contributed by atoms with Crippen LogP contribution in [-0.4, -0.2) is 22.8 Å². The van der Waals surface area contributed by atoms with Crippen molar-refractivity contribution >= 4 is 39.2 Å². The van der Waals surface area contributed by atoms with E-state index < -0.39 is 6.04 Å². The SMILES string of the molecule is CC(C)C(=O)NC(Cc1c[nH]c2ccccc12)C(=O)Nc1ccc2ccccc2c1. The number of amides is 2. The lowest BCUT2D eigenvalue weighted by atomic mass is 10.0. The third-order valence-corrected chi connectivity index (χ3v) is 5.27. The number of anilines is 1. The van der Waals surface area contributed by atoms with Crippen LogP contribution in [0.2, 0.25) is 0 Å². The Bertz CT molecular complexity index is 1210. The fraction of sp³-hybridized carbons (Fsp3) is 0.200. The predicted octanol–water partition coefficient (Wildman–Crippen LogP) is 4.64. The third kappa shape index (κ3) is 4.20. The number of aromatic amines is 1. The summed E-state index contributed by atoms with van der Waals surface area (Å²) >= 11 is 0. The highest BCUT2D eigenvalue weighted by molar-refractivity contribution is 5.99. The molecule has 1 unspecified atom stereocenters. The van der Waals surface area contributed by atoms with Gasteiger partial charge in [0.05, 0.1) is 0 Å². The van der Waals surface area contributed by atoms with Gasteiger partial charge in [0.15, 0.2) is 0 Å². The van der Waals surface area contributed by atoms with Crippen molar-refractivity contribution in [3.63, 3.8) is 0 Å². The van der Waals surface area contributed by atoms with Crippen LogP contribution in [-0.2, 0) is 16.0 Å². The van der Waals surface area contributed by atoms with Crippen LogP contribution in [0.5, 0.6) is 0 Å². The van der Waals surface area contributed by atoms with Gasteiger partial charge in [0, 0.05) is 35.1 Å². The molecule has 0 saturated carbocycles. The molecule has 0 radical (unpaired) electrons. The standard InChI is InChI=1S/C25H25N3O2/c1-16(2)24(29)28-23(14-19-15-26-22-10-6-5-9-21(19)22)25(30)27-20-12-11-17-7-3-4-8-18(17)13-20/h3-13,15-16,23,26H,14H2,1-2H3,(H,27,30)(H,28,29). The summed E-state index contributed by atoms with van der Waals surface area (Å²) < 4.78 is 0. The Morgan fingerprint density at radius 2 is 1.63 bits per heavy atom. The van der Waals surface area contributed by atoms with E-state index in [4.69, 9.17) is 0 Å². The van der Waals surface area contributed by atoms with Crippen molar-refractivity contribution in [2.45, 2.75) is 26.3 Å². The predicted molar refractivity (Wildman–Crippen MR) is 121 cm³/mol. The van der Waals surface area contributed by atoms with E-state index in [1.807, 2.05) is 86.8 Å². The van der Waals surface area contributed by atoms with Gasteiger partial charge in [0.25, 0.3) is 0 Å². The molecule has 30 heavy (non-hydrogen) atoms. The van der Waals surface area contributed by atoms with Crippen molar-refractivity contribution in [2.24, 2.45) is 5.92 Å². The summed E-state index contributed by atoms with van der Waals surface area (Å²) in [6, 6.07) is 21.1. The first-order valence-corrected chi connectivity index (χ1v) is 10.2. The van der Waals surface area contributed by atoms with Gasteiger partial charge in [-0.05, 0) is 34.5 Å². The molecular formula is C25H25N3O2. The highest BCUT2D eigenvalue weighted by atomic mass is 16.2. The second-order valence-electron chi connectivity index (χ2n) is 7.83. The first-order chi connectivity index (χ1) is 14.5. The van der Waals surface area contributed by atoms with E-state index in [2.05, 4.69) is 15.6 Å². The quantitative estimate of drug-likeness (QED) is 0.442. The summed E-state index contributed by atoms with van der Waals surface area (Å²) in [6.45, 7) is 3.64. The smallest absolute Gasteiger partial charge is 0.247 e. The van der Waals surface area contributed by atoms with E-state index >= 15 is 0 Å². The van der Waals surface area contributed by atoms with E-state index in [1.165, 1.54) is 0 Å². The van der Waals surface area contributed by atoms with E-state index in [1.54, 1.807) is 0 Å². The lowest BCUT2D eigenvalue weighted by Gasteiger charge is -2.20. The van der Waals surface area contributed by atoms with Crippen molar-refractivity contribution in [1.29, 1.82) is 0 Å². The maximum atomic E-state index is 13.1. The van der Waals surface area contributed by atoms with Crippen LogP contribution in [0.4, 0.5) is 5.69 Å². The average molecular weight is 399 g/mol. The molecule has 3 aromatic carbocycles. The van der Waals surface area contributed by atoms with Crippen molar-refractivity contribution in [3.8, 4) is 0 Å². The maximum Gasteiger partial charge on any atom is 0.247 e. The zero-order chi connectivity index (χ0) is 21.1. The van der Waals surface area contributed by atoms with Gasteiger partial charge in [-0.3, -0.25) is 9.59 Å². The Kier molecular flexibility index (Phi) is 5.53. The second-order valence-corrected chi connectivity index (χ2v) is 7.83. The molecule has 5 heteroatoms. The molecule has 4 aromatic rings. The van der Waals surface area contributed by atoms with Crippen molar-refractivity contribution in [1.82, 2.24) is 10.3 Å². The highest BCUT2D eigenvalue weighted by Crippen LogP contribution is 2.21. The van der Waals surface area contributed by atoms with Crippen molar-refractivity contribution in [3.05, 3.63) is 78.5 Å². The summed E-state index contributed by atoms with van der Waals surface area (Å²) in [4.78, 5) is 28.7. The van der Waals surface area contributed by atoms with Crippen molar-refractivity contribution in [2.75, 3.05) is 5.32 Å². The lowest BCUT2D eigenvalue weighted by molar-refractivity contribution is -0.128. The number of carbonyl (C=O) groups excluding carboxylic acids is 2.